The van der Waals surface area contributed by atoms with E-state index in [0.29, 0.717) is 11.6 Å². The summed E-state index contributed by atoms with van der Waals surface area (Å²) in [6.45, 7) is 2.26. The van der Waals surface area contributed by atoms with Crippen LogP contribution < -0.4 is 10.2 Å². The Bertz CT molecular complexity index is 472. The fourth-order valence-electron chi connectivity index (χ4n) is 2.77. The maximum atomic E-state index is 12.0. The van der Waals surface area contributed by atoms with E-state index < -0.39 is 0 Å². The summed E-state index contributed by atoms with van der Waals surface area (Å²) in [7, 11) is 0. The standard InChI is InChI=1S/C13H15ClN2O2/c14-10-3-1-2-4-11(10)16-12(17)18-9-13(16)5-7-15-8-6-13/h1-4,15H,5-9H2. The van der Waals surface area contributed by atoms with Gasteiger partial charge in [0.2, 0.25) is 0 Å². The second kappa shape index (κ2) is 4.44. The lowest BCUT2D eigenvalue weighted by Gasteiger charge is -2.39. The van der Waals surface area contributed by atoms with Crippen molar-refractivity contribution in [2.24, 2.45) is 0 Å². The molecule has 2 aliphatic rings. The number of para-hydroxylation sites is 1. The van der Waals surface area contributed by atoms with E-state index in [0.717, 1.165) is 31.6 Å². The highest BCUT2D eigenvalue weighted by Gasteiger charge is 2.49. The van der Waals surface area contributed by atoms with Gasteiger partial charge in [0.25, 0.3) is 0 Å². The summed E-state index contributed by atoms with van der Waals surface area (Å²) in [5.41, 5.74) is 0.524. The first-order chi connectivity index (χ1) is 8.73. The van der Waals surface area contributed by atoms with Crippen LogP contribution in [0.2, 0.25) is 5.02 Å². The predicted octanol–water partition coefficient (Wildman–Crippen LogP) is 2.42. The Kier molecular flexibility index (Phi) is 2.92. The minimum absolute atomic E-state index is 0.229. The number of hydrogen-bond acceptors (Lipinski definition) is 3. The summed E-state index contributed by atoms with van der Waals surface area (Å²) in [6.07, 6.45) is 1.50. The Labute approximate surface area is 111 Å². The van der Waals surface area contributed by atoms with E-state index in [2.05, 4.69) is 5.32 Å². The first-order valence-electron chi connectivity index (χ1n) is 6.15. The van der Waals surface area contributed by atoms with Crippen LogP contribution >= 0.6 is 11.6 Å². The van der Waals surface area contributed by atoms with Gasteiger partial charge in [-0.1, -0.05) is 23.7 Å². The summed E-state index contributed by atoms with van der Waals surface area (Å²) >= 11 is 6.21. The average molecular weight is 267 g/mol. The van der Waals surface area contributed by atoms with Crippen LogP contribution in [0.25, 0.3) is 0 Å². The van der Waals surface area contributed by atoms with Crippen molar-refractivity contribution in [2.75, 3.05) is 24.6 Å². The Balaban J connectivity index is 2.02. The van der Waals surface area contributed by atoms with Crippen LogP contribution in [-0.4, -0.2) is 31.3 Å². The summed E-state index contributed by atoms with van der Waals surface area (Å²) in [5.74, 6) is 0. The number of hydrogen-bond donors (Lipinski definition) is 1. The van der Waals surface area contributed by atoms with E-state index in [1.165, 1.54) is 0 Å². The lowest BCUT2D eigenvalue weighted by molar-refractivity contribution is 0.167. The van der Waals surface area contributed by atoms with Gasteiger partial charge in [-0.3, -0.25) is 4.90 Å². The summed E-state index contributed by atoms with van der Waals surface area (Å²) in [4.78, 5) is 13.8. The van der Waals surface area contributed by atoms with Crippen LogP contribution in [0.5, 0.6) is 0 Å². The van der Waals surface area contributed by atoms with Gasteiger partial charge in [-0.2, -0.15) is 0 Å². The fourth-order valence-corrected chi connectivity index (χ4v) is 2.99. The van der Waals surface area contributed by atoms with Gasteiger partial charge in [0.1, 0.15) is 6.61 Å². The molecule has 5 heteroatoms. The van der Waals surface area contributed by atoms with Gasteiger partial charge < -0.3 is 10.1 Å². The predicted molar refractivity (Wildman–Crippen MR) is 70.1 cm³/mol. The SMILES string of the molecule is O=C1OCC2(CCNCC2)N1c1ccccc1Cl. The Hall–Kier alpha value is -1.26. The van der Waals surface area contributed by atoms with Gasteiger partial charge in [0.15, 0.2) is 0 Å². The molecule has 2 saturated heterocycles. The zero-order valence-electron chi connectivity index (χ0n) is 9.99. The molecular weight excluding hydrogens is 252 g/mol. The molecule has 0 aliphatic carbocycles. The highest BCUT2D eigenvalue weighted by molar-refractivity contribution is 6.33. The van der Waals surface area contributed by atoms with Crippen LogP contribution in [0.1, 0.15) is 12.8 Å². The van der Waals surface area contributed by atoms with Crippen LogP contribution in [0.15, 0.2) is 24.3 Å². The lowest BCUT2D eigenvalue weighted by Crippen LogP contribution is -2.54. The Morgan fingerprint density at radius 3 is 2.72 bits per heavy atom. The molecule has 0 atom stereocenters. The molecule has 2 aliphatic heterocycles. The van der Waals surface area contributed by atoms with Crippen molar-refractivity contribution in [3.63, 3.8) is 0 Å². The van der Waals surface area contributed by atoms with Crippen LogP contribution in [0.4, 0.5) is 10.5 Å². The molecule has 0 radical (unpaired) electrons. The lowest BCUT2D eigenvalue weighted by atomic mass is 9.88. The molecule has 0 bridgehead atoms. The molecular formula is C13H15ClN2O2. The Morgan fingerprint density at radius 1 is 1.28 bits per heavy atom. The highest BCUT2D eigenvalue weighted by atomic mass is 35.5. The zero-order valence-corrected chi connectivity index (χ0v) is 10.7. The van der Waals surface area contributed by atoms with E-state index in [4.69, 9.17) is 16.3 Å². The average Bonchev–Trinajstić information content (AvgIpc) is 2.69. The monoisotopic (exact) mass is 266 g/mol. The number of carbonyl (C=O) groups excluding carboxylic acids is 1. The number of piperidine rings is 1. The quantitative estimate of drug-likeness (QED) is 0.849. The summed E-state index contributed by atoms with van der Waals surface area (Å²) in [6, 6.07) is 7.43. The number of nitrogens with one attached hydrogen (secondary N) is 1. The van der Waals surface area contributed by atoms with Crippen LogP contribution in [-0.2, 0) is 4.74 Å². The van der Waals surface area contributed by atoms with E-state index in [1.807, 2.05) is 18.2 Å². The Morgan fingerprint density at radius 2 is 2.00 bits per heavy atom. The molecule has 0 saturated carbocycles. The molecule has 2 fully saturated rings. The molecule has 1 aromatic carbocycles. The first kappa shape index (κ1) is 11.8. The molecule has 3 rings (SSSR count). The summed E-state index contributed by atoms with van der Waals surface area (Å²) in [5, 5.41) is 3.90. The van der Waals surface area contributed by atoms with Crippen molar-refractivity contribution in [1.82, 2.24) is 5.32 Å². The maximum Gasteiger partial charge on any atom is 0.415 e. The molecule has 2 heterocycles. The largest absolute Gasteiger partial charge is 0.447 e. The molecule has 0 aromatic heterocycles. The number of amides is 1. The van der Waals surface area contributed by atoms with Crippen molar-refractivity contribution in [3.8, 4) is 0 Å². The molecule has 96 valence electrons. The highest BCUT2D eigenvalue weighted by Crippen LogP contribution is 2.39. The molecule has 1 amide bonds. The molecule has 18 heavy (non-hydrogen) atoms. The van der Waals surface area contributed by atoms with Crippen LogP contribution in [0.3, 0.4) is 0 Å². The van der Waals surface area contributed by atoms with Crippen LogP contribution in [0, 0.1) is 0 Å². The van der Waals surface area contributed by atoms with E-state index in [9.17, 15) is 4.79 Å². The number of rotatable bonds is 1. The van der Waals surface area contributed by atoms with Gasteiger partial charge in [0, 0.05) is 0 Å². The number of benzene rings is 1. The molecule has 1 spiro atoms. The molecule has 1 N–H and O–H groups in total. The minimum atomic E-state index is -0.287. The third-order valence-corrected chi connectivity index (χ3v) is 4.07. The van der Waals surface area contributed by atoms with Crippen molar-refractivity contribution < 1.29 is 9.53 Å². The smallest absolute Gasteiger partial charge is 0.415 e. The second-order valence-corrected chi connectivity index (χ2v) is 5.22. The second-order valence-electron chi connectivity index (χ2n) is 4.82. The number of ether oxygens (including phenoxy) is 1. The van der Waals surface area contributed by atoms with E-state index in [-0.39, 0.29) is 11.6 Å². The van der Waals surface area contributed by atoms with Gasteiger partial charge in [-0.05, 0) is 38.1 Å². The molecule has 4 nitrogen and oxygen atoms in total. The number of cyclic esters (lactones) is 1. The number of nitrogens with zero attached hydrogens (tertiary/aromatic N) is 1. The van der Waals surface area contributed by atoms with Crippen molar-refractivity contribution in [2.45, 2.75) is 18.4 Å². The summed E-state index contributed by atoms with van der Waals surface area (Å²) < 4.78 is 5.27. The molecule has 1 aromatic rings. The fraction of sp³-hybridized carbons (Fsp3) is 0.462. The first-order valence-corrected chi connectivity index (χ1v) is 6.53. The molecule has 0 unspecified atom stereocenters. The van der Waals surface area contributed by atoms with Crippen molar-refractivity contribution in [1.29, 1.82) is 0 Å². The van der Waals surface area contributed by atoms with Gasteiger partial charge >= 0.3 is 6.09 Å². The minimum Gasteiger partial charge on any atom is -0.447 e. The number of anilines is 1. The van der Waals surface area contributed by atoms with Crippen molar-refractivity contribution >= 4 is 23.4 Å². The van der Waals surface area contributed by atoms with Crippen molar-refractivity contribution in [3.05, 3.63) is 29.3 Å². The third kappa shape index (κ3) is 1.76. The number of halogens is 1. The van der Waals surface area contributed by atoms with Gasteiger partial charge in [0.05, 0.1) is 16.2 Å². The van der Waals surface area contributed by atoms with Gasteiger partial charge in [-0.15, -0.1) is 0 Å². The van der Waals surface area contributed by atoms with Gasteiger partial charge in [-0.25, -0.2) is 4.79 Å². The third-order valence-electron chi connectivity index (χ3n) is 3.75. The normalized spacial score (nSPS) is 22.3. The topological polar surface area (TPSA) is 41.6 Å². The van der Waals surface area contributed by atoms with E-state index >= 15 is 0 Å². The zero-order chi connectivity index (χ0) is 12.6. The van der Waals surface area contributed by atoms with E-state index in [1.54, 1.807) is 11.0 Å². The number of carbonyl (C=O) groups is 1. The maximum absolute atomic E-state index is 12.0.